The molecule has 4 heteroatoms. The topological polar surface area (TPSA) is 42.7 Å². The average Bonchev–Trinajstić information content (AvgIpc) is 2.90. The van der Waals surface area contributed by atoms with Gasteiger partial charge in [0.2, 0.25) is 0 Å². The second kappa shape index (κ2) is 4.82. The van der Waals surface area contributed by atoms with Crippen LogP contribution in [0.5, 0.6) is 0 Å². The third kappa shape index (κ3) is 2.11. The van der Waals surface area contributed by atoms with E-state index in [1.807, 2.05) is 42.1 Å². The number of nitrogens with zero attached hydrogens (tertiary/aromatic N) is 3. The molecule has 0 aliphatic carbocycles. The van der Waals surface area contributed by atoms with E-state index in [-0.39, 0.29) is 0 Å². The van der Waals surface area contributed by atoms with Crippen molar-refractivity contribution >= 4 is 11.0 Å². The van der Waals surface area contributed by atoms with Crippen molar-refractivity contribution in [1.82, 2.24) is 20.3 Å². The van der Waals surface area contributed by atoms with Gasteiger partial charge in [-0.05, 0) is 43.8 Å². The van der Waals surface area contributed by atoms with Crippen LogP contribution in [0.4, 0.5) is 0 Å². The largest absolute Gasteiger partial charge is 0.313 e. The summed E-state index contributed by atoms with van der Waals surface area (Å²) in [6, 6.07) is 16.6. The molecule has 1 heterocycles. The van der Waals surface area contributed by atoms with Crippen molar-refractivity contribution in [2.24, 2.45) is 0 Å². The molecule has 96 valence electrons. The summed E-state index contributed by atoms with van der Waals surface area (Å²) in [4.78, 5) is 0. The van der Waals surface area contributed by atoms with E-state index >= 15 is 0 Å². The van der Waals surface area contributed by atoms with Gasteiger partial charge in [-0.2, -0.15) is 0 Å². The highest BCUT2D eigenvalue weighted by atomic mass is 15.4. The molecular weight excluding hydrogens is 236 g/mol. The van der Waals surface area contributed by atoms with Gasteiger partial charge in [-0.15, -0.1) is 5.10 Å². The van der Waals surface area contributed by atoms with Gasteiger partial charge in [0.1, 0.15) is 5.52 Å². The Kier molecular flexibility index (Phi) is 3.01. The van der Waals surface area contributed by atoms with Crippen molar-refractivity contribution in [2.45, 2.75) is 13.0 Å². The van der Waals surface area contributed by atoms with Crippen LogP contribution in [0.3, 0.4) is 0 Å². The van der Waals surface area contributed by atoms with Gasteiger partial charge in [-0.1, -0.05) is 29.5 Å². The smallest absolute Gasteiger partial charge is 0.113 e. The van der Waals surface area contributed by atoms with E-state index in [0.717, 1.165) is 16.7 Å². The average molecular weight is 252 g/mol. The fourth-order valence-corrected chi connectivity index (χ4v) is 2.15. The van der Waals surface area contributed by atoms with Gasteiger partial charge >= 0.3 is 0 Å². The maximum atomic E-state index is 4.24. The minimum atomic E-state index is 0.315. The Morgan fingerprint density at radius 3 is 2.79 bits per heavy atom. The number of para-hydroxylation sites is 1. The molecule has 0 aliphatic heterocycles. The standard InChI is InChI=1S/C15H16N4/c1-11(16-2)12-6-5-7-13(10-12)19-15-9-4-3-8-14(15)17-18-19/h3-11,16H,1-2H3. The monoisotopic (exact) mass is 252 g/mol. The predicted octanol–water partition coefficient (Wildman–Crippen LogP) is 2.70. The van der Waals surface area contributed by atoms with E-state index in [9.17, 15) is 0 Å². The van der Waals surface area contributed by atoms with Crippen LogP contribution in [0.15, 0.2) is 48.5 Å². The van der Waals surface area contributed by atoms with Crippen molar-refractivity contribution in [3.05, 3.63) is 54.1 Å². The molecule has 0 amide bonds. The lowest BCUT2D eigenvalue weighted by Crippen LogP contribution is -2.12. The molecule has 19 heavy (non-hydrogen) atoms. The molecular formula is C15H16N4. The van der Waals surface area contributed by atoms with Crippen LogP contribution in [0.2, 0.25) is 0 Å². The third-order valence-corrected chi connectivity index (χ3v) is 3.40. The van der Waals surface area contributed by atoms with E-state index in [1.54, 1.807) is 0 Å². The Labute approximate surface area is 112 Å². The second-order valence-corrected chi connectivity index (χ2v) is 4.60. The number of rotatable bonds is 3. The van der Waals surface area contributed by atoms with Crippen molar-refractivity contribution in [2.75, 3.05) is 7.05 Å². The minimum Gasteiger partial charge on any atom is -0.313 e. The summed E-state index contributed by atoms with van der Waals surface area (Å²) < 4.78 is 1.88. The SMILES string of the molecule is CNC(C)c1cccc(-n2nnc3ccccc32)c1. The highest BCUT2D eigenvalue weighted by molar-refractivity contribution is 5.75. The van der Waals surface area contributed by atoms with Gasteiger partial charge in [0.25, 0.3) is 0 Å². The van der Waals surface area contributed by atoms with Crippen LogP contribution < -0.4 is 5.32 Å². The Hall–Kier alpha value is -2.20. The first-order valence-corrected chi connectivity index (χ1v) is 6.37. The normalized spacial score (nSPS) is 12.7. The summed E-state index contributed by atoms with van der Waals surface area (Å²) in [5, 5.41) is 11.7. The quantitative estimate of drug-likeness (QED) is 0.779. The van der Waals surface area contributed by atoms with Crippen LogP contribution in [0.25, 0.3) is 16.7 Å². The predicted molar refractivity (Wildman–Crippen MR) is 76.3 cm³/mol. The molecule has 3 aromatic rings. The molecule has 0 saturated heterocycles. The van der Waals surface area contributed by atoms with E-state index in [2.05, 4.69) is 40.8 Å². The van der Waals surface area contributed by atoms with Gasteiger partial charge in [0, 0.05) is 6.04 Å². The number of fused-ring (bicyclic) bond motifs is 1. The number of hydrogen-bond donors (Lipinski definition) is 1. The number of nitrogens with one attached hydrogen (secondary N) is 1. The maximum absolute atomic E-state index is 4.24. The van der Waals surface area contributed by atoms with Crippen molar-refractivity contribution in [1.29, 1.82) is 0 Å². The Morgan fingerprint density at radius 2 is 1.95 bits per heavy atom. The molecule has 0 bridgehead atoms. The van der Waals surface area contributed by atoms with Gasteiger partial charge in [-0.3, -0.25) is 0 Å². The lowest BCUT2D eigenvalue weighted by Gasteiger charge is -2.12. The van der Waals surface area contributed by atoms with Crippen LogP contribution >= 0.6 is 0 Å². The van der Waals surface area contributed by atoms with Gasteiger partial charge < -0.3 is 5.32 Å². The Morgan fingerprint density at radius 1 is 1.11 bits per heavy atom. The zero-order valence-corrected chi connectivity index (χ0v) is 11.0. The summed E-state index contributed by atoms with van der Waals surface area (Å²) in [5.74, 6) is 0. The fraction of sp³-hybridized carbons (Fsp3) is 0.200. The lowest BCUT2D eigenvalue weighted by molar-refractivity contribution is 0.651. The first-order valence-electron chi connectivity index (χ1n) is 6.37. The van der Waals surface area contributed by atoms with E-state index in [1.165, 1.54) is 5.56 Å². The Bertz CT molecular complexity index is 702. The molecule has 1 aromatic heterocycles. The lowest BCUT2D eigenvalue weighted by atomic mass is 10.1. The van der Waals surface area contributed by atoms with Crippen LogP contribution in [-0.2, 0) is 0 Å². The van der Waals surface area contributed by atoms with Gasteiger partial charge in [0.05, 0.1) is 11.2 Å². The molecule has 0 radical (unpaired) electrons. The third-order valence-electron chi connectivity index (χ3n) is 3.40. The molecule has 4 nitrogen and oxygen atoms in total. The summed E-state index contributed by atoms with van der Waals surface area (Å²) in [6.07, 6.45) is 0. The summed E-state index contributed by atoms with van der Waals surface area (Å²) in [5.41, 5.74) is 4.21. The summed E-state index contributed by atoms with van der Waals surface area (Å²) in [7, 11) is 1.96. The van der Waals surface area contributed by atoms with E-state index in [0.29, 0.717) is 6.04 Å². The van der Waals surface area contributed by atoms with Crippen molar-refractivity contribution in [3.63, 3.8) is 0 Å². The first kappa shape index (κ1) is 11.9. The first-order chi connectivity index (χ1) is 9.29. The number of aromatic nitrogens is 3. The molecule has 3 rings (SSSR count). The molecule has 1 atom stereocenters. The van der Waals surface area contributed by atoms with Crippen molar-refractivity contribution < 1.29 is 0 Å². The van der Waals surface area contributed by atoms with Gasteiger partial charge in [-0.25, -0.2) is 4.68 Å². The van der Waals surface area contributed by atoms with Crippen LogP contribution in [0, 0.1) is 0 Å². The molecule has 1 unspecified atom stereocenters. The molecule has 0 aliphatic rings. The van der Waals surface area contributed by atoms with E-state index < -0.39 is 0 Å². The second-order valence-electron chi connectivity index (χ2n) is 4.60. The molecule has 1 N–H and O–H groups in total. The fourth-order valence-electron chi connectivity index (χ4n) is 2.15. The zero-order chi connectivity index (χ0) is 13.2. The summed E-state index contributed by atoms with van der Waals surface area (Å²) in [6.45, 7) is 2.14. The van der Waals surface area contributed by atoms with Gasteiger partial charge in [0.15, 0.2) is 0 Å². The number of benzene rings is 2. The van der Waals surface area contributed by atoms with Crippen molar-refractivity contribution in [3.8, 4) is 5.69 Å². The molecule has 0 fully saturated rings. The van der Waals surface area contributed by atoms with Crippen LogP contribution in [0.1, 0.15) is 18.5 Å². The van der Waals surface area contributed by atoms with E-state index in [4.69, 9.17) is 0 Å². The molecule has 2 aromatic carbocycles. The number of hydrogen-bond acceptors (Lipinski definition) is 3. The van der Waals surface area contributed by atoms with Crippen LogP contribution in [-0.4, -0.2) is 22.0 Å². The highest BCUT2D eigenvalue weighted by Gasteiger charge is 2.08. The zero-order valence-electron chi connectivity index (χ0n) is 11.0. The highest BCUT2D eigenvalue weighted by Crippen LogP contribution is 2.19. The summed E-state index contributed by atoms with van der Waals surface area (Å²) >= 11 is 0. The minimum absolute atomic E-state index is 0.315. The maximum Gasteiger partial charge on any atom is 0.113 e. The molecule has 0 saturated carbocycles. The molecule has 0 spiro atoms. The Balaban J connectivity index is 2.11.